The van der Waals surface area contributed by atoms with E-state index in [1.54, 1.807) is 12.4 Å². The Labute approximate surface area is 115 Å². The summed E-state index contributed by atoms with van der Waals surface area (Å²) in [6.07, 6.45) is 10.5. The fourth-order valence-corrected chi connectivity index (χ4v) is 3.00. The maximum Gasteiger partial charge on any atom is 0.309 e. The van der Waals surface area contributed by atoms with Crippen molar-refractivity contribution in [3.8, 4) is 0 Å². The van der Waals surface area contributed by atoms with E-state index in [4.69, 9.17) is 4.74 Å². The highest BCUT2D eigenvalue weighted by molar-refractivity contribution is 5.73. The van der Waals surface area contributed by atoms with Crippen molar-refractivity contribution < 1.29 is 9.53 Å². The van der Waals surface area contributed by atoms with Crippen LogP contribution in [-0.2, 0) is 16.0 Å². The summed E-state index contributed by atoms with van der Waals surface area (Å²) >= 11 is 0. The van der Waals surface area contributed by atoms with Gasteiger partial charge in [0.25, 0.3) is 0 Å². The van der Waals surface area contributed by atoms with Gasteiger partial charge in [-0.1, -0.05) is 19.3 Å². The average molecular weight is 261 g/mol. The van der Waals surface area contributed by atoms with E-state index in [0.29, 0.717) is 12.5 Å². The van der Waals surface area contributed by atoms with Crippen molar-refractivity contribution in [2.24, 2.45) is 11.8 Å². The van der Waals surface area contributed by atoms with Crippen LogP contribution < -0.4 is 0 Å². The first-order valence-corrected chi connectivity index (χ1v) is 7.36. The molecule has 0 aromatic carbocycles. The number of hydrogen-bond donors (Lipinski definition) is 0. The van der Waals surface area contributed by atoms with E-state index in [2.05, 4.69) is 4.98 Å². The maximum absolute atomic E-state index is 12.2. The second kappa shape index (κ2) is 7.27. The van der Waals surface area contributed by atoms with Crippen molar-refractivity contribution in [3.63, 3.8) is 0 Å². The van der Waals surface area contributed by atoms with Gasteiger partial charge in [0.15, 0.2) is 0 Å². The van der Waals surface area contributed by atoms with Gasteiger partial charge in [0.2, 0.25) is 0 Å². The van der Waals surface area contributed by atoms with Crippen molar-refractivity contribution in [1.82, 2.24) is 4.98 Å². The summed E-state index contributed by atoms with van der Waals surface area (Å²) in [5.41, 5.74) is 1.18. The van der Waals surface area contributed by atoms with Crippen LogP contribution in [0.15, 0.2) is 24.5 Å². The molecule has 3 heteroatoms. The fraction of sp³-hybridized carbons (Fsp3) is 0.625. The number of aromatic nitrogens is 1. The van der Waals surface area contributed by atoms with E-state index in [0.717, 1.165) is 19.3 Å². The first-order valence-electron chi connectivity index (χ1n) is 7.36. The number of carbonyl (C=O) groups is 1. The summed E-state index contributed by atoms with van der Waals surface area (Å²) in [6.45, 7) is 2.35. The quantitative estimate of drug-likeness (QED) is 0.763. The van der Waals surface area contributed by atoms with Gasteiger partial charge in [-0.3, -0.25) is 9.78 Å². The third kappa shape index (κ3) is 4.05. The smallest absolute Gasteiger partial charge is 0.309 e. The lowest BCUT2D eigenvalue weighted by molar-refractivity contribution is -0.150. The van der Waals surface area contributed by atoms with E-state index >= 15 is 0 Å². The van der Waals surface area contributed by atoms with E-state index in [1.165, 1.54) is 24.8 Å². The molecular weight excluding hydrogens is 238 g/mol. The van der Waals surface area contributed by atoms with Crippen molar-refractivity contribution in [1.29, 1.82) is 0 Å². The molecular formula is C16H23NO2. The summed E-state index contributed by atoms with van der Waals surface area (Å²) in [7, 11) is 0. The first-order chi connectivity index (χ1) is 9.31. The molecule has 19 heavy (non-hydrogen) atoms. The van der Waals surface area contributed by atoms with E-state index in [-0.39, 0.29) is 11.9 Å². The van der Waals surface area contributed by atoms with Gasteiger partial charge in [-0.25, -0.2) is 0 Å². The second-order valence-corrected chi connectivity index (χ2v) is 5.32. The summed E-state index contributed by atoms with van der Waals surface area (Å²) in [5.74, 6) is 0.481. The SMILES string of the molecule is CCOC(=O)C(Cc1ccncc1)C1CCCCC1. The molecule has 1 aliphatic carbocycles. The molecule has 0 aliphatic heterocycles. The molecule has 0 radical (unpaired) electrons. The van der Waals surface area contributed by atoms with Gasteiger partial charge < -0.3 is 4.74 Å². The highest BCUT2D eigenvalue weighted by Crippen LogP contribution is 2.32. The number of hydrogen-bond acceptors (Lipinski definition) is 3. The first kappa shape index (κ1) is 14.0. The molecule has 1 fully saturated rings. The molecule has 2 rings (SSSR count). The van der Waals surface area contributed by atoms with Crippen LogP contribution >= 0.6 is 0 Å². The zero-order chi connectivity index (χ0) is 13.5. The molecule has 1 unspecified atom stereocenters. The molecule has 0 saturated heterocycles. The minimum absolute atomic E-state index is 0.0163. The minimum Gasteiger partial charge on any atom is -0.466 e. The Morgan fingerprint density at radius 3 is 2.63 bits per heavy atom. The highest BCUT2D eigenvalue weighted by atomic mass is 16.5. The molecule has 104 valence electrons. The molecule has 0 bridgehead atoms. The minimum atomic E-state index is -0.0220. The van der Waals surface area contributed by atoms with Gasteiger partial charge >= 0.3 is 5.97 Å². The Morgan fingerprint density at radius 2 is 2.00 bits per heavy atom. The van der Waals surface area contributed by atoms with Crippen molar-refractivity contribution in [2.75, 3.05) is 6.61 Å². The van der Waals surface area contributed by atoms with Crippen LogP contribution in [0.25, 0.3) is 0 Å². The normalized spacial score (nSPS) is 17.9. The molecule has 1 heterocycles. The zero-order valence-electron chi connectivity index (χ0n) is 11.7. The number of esters is 1. The van der Waals surface area contributed by atoms with E-state index < -0.39 is 0 Å². The van der Waals surface area contributed by atoms with Gasteiger partial charge in [-0.05, 0) is 49.8 Å². The number of ether oxygens (including phenoxy) is 1. The predicted octanol–water partition coefficient (Wildman–Crippen LogP) is 3.38. The Morgan fingerprint density at radius 1 is 1.32 bits per heavy atom. The van der Waals surface area contributed by atoms with Crippen molar-refractivity contribution in [3.05, 3.63) is 30.1 Å². The summed E-state index contributed by atoms with van der Waals surface area (Å²) in [6, 6.07) is 3.99. The Balaban J connectivity index is 2.06. The lowest BCUT2D eigenvalue weighted by Crippen LogP contribution is -2.29. The van der Waals surface area contributed by atoms with Gasteiger partial charge in [-0.15, -0.1) is 0 Å². The van der Waals surface area contributed by atoms with Crippen molar-refractivity contribution >= 4 is 5.97 Å². The molecule has 0 spiro atoms. The van der Waals surface area contributed by atoms with Crippen LogP contribution in [-0.4, -0.2) is 17.6 Å². The van der Waals surface area contributed by atoms with Crippen molar-refractivity contribution in [2.45, 2.75) is 45.4 Å². The third-order valence-corrected chi connectivity index (χ3v) is 4.01. The lowest BCUT2D eigenvalue weighted by Gasteiger charge is -2.28. The molecule has 1 aromatic rings. The van der Waals surface area contributed by atoms with E-state index in [9.17, 15) is 4.79 Å². The average Bonchev–Trinajstić information content (AvgIpc) is 2.47. The Hall–Kier alpha value is -1.38. The lowest BCUT2D eigenvalue weighted by atomic mass is 9.77. The number of carbonyl (C=O) groups excluding carboxylic acids is 1. The molecule has 1 atom stereocenters. The van der Waals surface area contributed by atoms with Crippen LogP contribution in [0, 0.1) is 11.8 Å². The fourth-order valence-electron chi connectivity index (χ4n) is 3.00. The Bertz CT molecular complexity index is 385. The van der Waals surface area contributed by atoms with Gasteiger partial charge in [0.1, 0.15) is 0 Å². The molecule has 1 aromatic heterocycles. The summed E-state index contributed by atoms with van der Waals surface area (Å²) in [4.78, 5) is 16.2. The predicted molar refractivity (Wildman–Crippen MR) is 74.6 cm³/mol. The number of pyridine rings is 1. The molecule has 3 nitrogen and oxygen atoms in total. The van der Waals surface area contributed by atoms with Gasteiger partial charge in [0.05, 0.1) is 12.5 Å². The summed E-state index contributed by atoms with van der Waals surface area (Å²) < 4.78 is 5.27. The summed E-state index contributed by atoms with van der Waals surface area (Å²) in [5, 5.41) is 0. The van der Waals surface area contributed by atoms with Crippen LogP contribution in [0.4, 0.5) is 0 Å². The monoisotopic (exact) mass is 261 g/mol. The van der Waals surface area contributed by atoms with Crippen LogP contribution in [0.5, 0.6) is 0 Å². The van der Waals surface area contributed by atoms with Gasteiger partial charge in [-0.2, -0.15) is 0 Å². The zero-order valence-corrected chi connectivity index (χ0v) is 11.7. The number of nitrogens with zero attached hydrogens (tertiary/aromatic N) is 1. The highest BCUT2D eigenvalue weighted by Gasteiger charge is 2.30. The van der Waals surface area contributed by atoms with Gasteiger partial charge in [0, 0.05) is 12.4 Å². The maximum atomic E-state index is 12.2. The molecule has 0 N–H and O–H groups in total. The van der Waals surface area contributed by atoms with Crippen LogP contribution in [0.3, 0.4) is 0 Å². The van der Waals surface area contributed by atoms with Crippen LogP contribution in [0.2, 0.25) is 0 Å². The Kier molecular flexibility index (Phi) is 5.37. The molecule has 0 amide bonds. The third-order valence-electron chi connectivity index (χ3n) is 4.01. The topological polar surface area (TPSA) is 39.2 Å². The van der Waals surface area contributed by atoms with E-state index in [1.807, 2.05) is 19.1 Å². The van der Waals surface area contributed by atoms with Crippen LogP contribution in [0.1, 0.15) is 44.6 Å². The molecule has 1 saturated carbocycles. The standard InChI is InChI=1S/C16H23NO2/c1-2-19-16(18)15(14-6-4-3-5-7-14)12-13-8-10-17-11-9-13/h8-11,14-15H,2-7,12H2,1H3. The molecule has 1 aliphatic rings. The number of rotatable bonds is 5. The second-order valence-electron chi connectivity index (χ2n) is 5.32. The largest absolute Gasteiger partial charge is 0.466 e.